The van der Waals surface area contributed by atoms with Crippen LogP contribution in [0.5, 0.6) is 11.6 Å². The molecule has 2 saturated heterocycles. The van der Waals surface area contributed by atoms with Crippen LogP contribution in [0.15, 0.2) is 36.4 Å². The van der Waals surface area contributed by atoms with Crippen LogP contribution in [0.4, 0.5) is 10.2 Å². The number of rotatable bonds is 6. The quantitative estimate of drug-likeness (QED) is 0.491. The Labute approximate surface area is 216 Å². The molecule has 6 rings (SSSR count). The topological polar surface area (TPSA) is 96.3 Å². The minimum Gasteiger partial charge on any atom is -0.507 e. The number of fused-ring (bicyclic) bond motifs is 2. The summed E-state index contributed by atoms with van der Waals surface area (Å²) in [6, 6.07) is 11.2. The second-order valence-corrected chi connectivity index (χ2v) is 11.3. The number of hydrogen-bond donors (Lipinski definition) is 2. The number of piperidine rings is 2. The lowest BCUT2D eigenvalue weighted by Crippen LogP contribution is -2.67. The van der Waals surface area contributed by atoms with Crippen molar-refractivity contribution in [3.8, 4) is 34.0 Å². The number of anilines is 1. The number of hydrogen-bond acceptors (Lipinski definition) is 8. The molecule has 37 heavy (non-hydrogen) atoms. The van der Waals surface area contributed by atoms with Gasteiger partial charge in [-0.15, -0.1) is 20.4 Å². The summed E-state index contributed by atoms with van der Waals surface area (Å²) in [6.45, 7) is 4.71. The zero-order chi connectivity index (χ0) is 25.8. The van der Waals surface area contributed by atoms with Crippen LogP contribution in [-0.2, 0) is 0 Å². The molecule has 2 unspecified atom stereocenters. The summed E-state index contributed by atoms with van der Waals surface area (Å²) < 4.78 is 20.5. The average Bonchev–Trinajstić information content (AvgIpc) is 3.69. The van der Waals surface area contributed by atoms with Gasteiger partial charge in [0.05, 0.1) is 23.9 Å². The van der Waals surface area contributed by atoms with Gasteiger partial charge in [-0.3, -0.25) is 0 Å². The lowest BCUT2D eigenvalue weighted by molar-refractivity contribution is 0.0766. The molecule has 3 fully saturated rings. The molecule has 2 N–H and O–H groups in total. The van der Waals surface area contributed by atoms with Gasteiger partial charge < -0.3 is 20.1 Å². The largest absolute Gasteiger partial charge is 0.507 e. The predicted molar refractivity (Wildman–Crippen MR) is 139 cm³/mol. The van der Waals surface area contributed by atoms with Crippen LogP contribution < -0.4 is 15.0 Å². The van der Waals surface area contributed by atoms with E-state index >= 15 is 4.39 Å². The van der Waals surface area contributed by atoms with Gasteiger partial charge in [-0.25, -0.2) is 0 Å². The molecule has 0 spiro atoms. The number of para-hydroxylation sites is 1. The smallest absolute Gasteiger partial charge is 0.243 e. The number of phenolic OH excluding ortho intramolecular Hbond substituents is 1. The normalized spacial score (nSPS) is 27.1. The summed E-state index contributed by atoms with van der Waals surface area (Å²) in [5, 5.41) is 31.1. The molecule has 194 valence electrons. The van der Waals surface area contributed by atoms with Crippen molar-refractivity contribution in [1.29, 1.82) is 0 Å². The average molecular weight is 505 g/mol. The highest BCUT2D eigenvalue weighted by Gasteiger charge is 2.49. The van der Waals surface area contributed by atoms with Crippen molar-refractivity contribution in [3.63, 3.8) is 0 Å². The van der Waals surface area contributed by atoms with Crippen molar-refractivity contribution in [3.05, 3.63) is 42.3 Å². The molecule has 2 aliphatic heterocycles. The number of ether oxygens (including phenoxy) is 1. The van der Waals surface area contributed by atoms with Crippen molar-refractivity contribution >= 4 is 5.82 Å². The lowest BCUT2D eigenvalue weighted by Gasteiger charge is -2.55. The zero-order valence-electron chi connectivity index (χ0n) is 21.5. The van der Waals surface area contributed by atoms with Crippen LogP contribution in [0.25, 0.3) is 22.4 Å². The first-order valence-electron chi connectivity index (χ1n) is 13.1. The van der Waals surface area contributed by atoms with Gasteiger partial charge in [0.1, 0.15) is 5.75 Å². The highest BCUT2D eigenvalue weighted by Crippen LogP contribution is 2.46. The van der Waals surface area contributed by atoms with Gasteiger partial charge in [0.2, 0.25) is 11.8 Å². The van der Waals surface area contributed by atoms with Crippen molar-refractivity contribution < 1.29 is 14.2 Å². The molecule has 0 amide bonds. The Bertz CT molecular complexity index is 1300. The molecule has 2 atom stereocenters. The molecule has 1 aromatic carbocycles. The first kappa shape index (κ1) is 24.0. The number of aromatic nitrogens is 4. The molecule has 3 aliphatic rings. The first-order valence-corrected chi connectivity index (χ1v) is 13.1. The van der Waals surface area contributed by atoms with Gasteiger partial charge in [0, 0.05) is 28.7 Å². The van der Waals surface area contributed by atoms with E-state index in [4.69, 9.17) is 4.74 Å². The second-order valence-electron chi connectivity index (χ2n) is 11.3. The fraction of sp³-hybridized carbons (Fsp3) is 0.500. The third-order valence-corrected chi connectivity index (χ3v) is 8.20. The number of halogens is 1. The Morgan fingerprint density at radius 2 is 1.68 bits per heavy atom. The molecule has 2 aromatic heterocycles. The molecule has 8 nitrogen and oxygen atoms in total. The van der Waals surface area contributed by atoms with E-state index in [9.17, 15) is 5.11 Å². The van der Waals surface area contributed by atoms with Gasteiger partial charge in [-0.1, -0.05) is 18.2 Å². The summed E-state index contributed by atoms with van der Waals surface area (Å²) >= 11 is 0. The Morgan fingerprint density at radius 3 is 2.30 bits per heavy atom. The Kier molecular flexibility index (Phi) is 5.78. The van der Waals surface area contributed by atoms with Crippen LogP contribution >= 0.6 is 0 Å². The van der Waals surface area contributed by atoms with E-state index in [2.05, 4.69) is 44.5 Å². The first-order chi connectivity index (χ1) is 17.8. The van der Waals surface area contributed by atoms with Gasteiger partial charge in [0.25, 0.3) is 0 Å². The fourth-order valence-electron chi connectivity index (χ4n) is 6.67. The number of benzene rings is 1. The number of methoxy groups -OCH3 is 1. The Hall–Kier alpha value is -3.33. The summed E-state index contributed by atoms with van der Waals surface area (Å²) in [7, 11) is 1.45. The van der Waals surface area contributed by atoms with Gasteiger partial charge in [0.15, 0.2) is 5.82 Å². The highest BCUT2D eigenvalue weighted by atomic mass is 19.1. The molecular formula is C28H33FN6O2. The summed E-state index contributed by atoms with van der Waals surface area (Å²) in [4.78, 5) is 2.48. The van der Waals surface area contributed by atoms with Crippen molar-refractivity contribution in [2.45, 2.75) is 82.0 Å². The molecule has 1 saturated carbocycles. The lowest BCUT2D eigenvalue weighted by atomic mass is 9.69. The van der Waals surface area contributed by atoms with Crippen LogP contribution in [0, 0.1) is 5.95 Å². The Morgan fingerprint density at radius 1 is 0.946 bits per heavy atom. The van der Waals surface area contributed by atoms with Crippen LogP contribution in [0.1, 0.15) is 58.8 Å². The molecular weight excluding hydrogens is 471 g/mol. The molecule has 3 aromatic rings. The van der Waals surface area contributed by atoms with E-state index in [0.29, 0.717) is 23.3 Å². The third kappa shape index (κ3) is 4.39. The Balaban J connectivity index is 1.39. The third-order valence-electron chi connectivity index (χ3n) is 8.20. The van der Waals surface area contributed by atoms with Crippen molar-refractivity contribution in [2.24, 2.45) is 0 Å². The summed E-state index contributed by atoms with van der Waals surface area (Å²) in [6.07, 6.45) is 8.12. The number of phenols is 1. The predicted octanol–water partition coefficient (Wildman–Crippen LogP) is 4.88. The summed E-state index contributed by atoms with van der Waals surface area (Å²) in [5.41, 5.74) is 1.36. The molecule has 4 heterocycles. The van der Waals surface area contributed by atoms with Crippen molar-refractivity contribution in [1.82, 2.24) is 25.7 Å². The second kappa shape index (κ2) is 8.90. The van der Waals surface area contributed by atoms with Gasteiger partial charge in [-0.05, 0) is 77.0 Å². The van der Waals surface area contributed by atoms with E-state index in [1.54, 1.807) is 18.2 Å². The van der Waals surface area contributed by atoms with E-state index in [0.717, 1.165) is 31.5 Å². The molecule has 9 heteroatoms. The zero-order valence-corrected chi connectivity index (χ0v) is 21.5. The van der Waals surface area contributed by atoms with E-state index in [1.807, 2.05) is 12.1 Å². The van der Waals surface area contributed by atoms with Crippen molar-refractivity contribution in [2.75, 3.05) is 12.0 Å². The van der Waals surface area contributed by atoms with E-state index in [-0.39, 0.29) is 33.8 Å². The maximum Gasteiger partial charge on any atom is 0.243 e. The minimum atomic E-state index is -0.814. The maximum absolute atomic E-state index is 15.1. The van der Waals surface area contributed by atoms with E-state index in [1.165, 1.54) is 32.4 Å². The fourth-order valence-corrected chi connectivity index (χ4v) is 6.67. The standard InChI is InChI=1S/C28H33FN6O2/c1-27-13-6-14-28(2,34-27)16-18(15-27)35(17-9-10-17)22-12-11-20(30-31-22)24-23(19-7-4-5-8-21(19)36)25(29)32-33-26(24)37-3/h4-5,7-8,11-12,17-18,34,36H,6,9-10,13-16H2,1-3H3. The van der Waals surface area contributed by atoms with Gasteiger partial charge >= 0.3 is 0 Å². The number of nitrogens with zero attached hydrogens (tertiary/aromatic N) is 5. The molecule has 1 aliphatic carbocycles. The highest BCUT2D eigenvalue weighted by molar-refractivity contribution is 5.87. The van der Waals surface area contributed by atoms with E-state index < -0.39 is 5.95 Å². The van der Waals surface area contributed by atoms with Crippen LogP contribution in [0.2, 0.25) is 0 Å². The minimum absolute atomic E-state index is 0.0689. The van der Waals surface area contributed by atoms with Crippen LogP contribution in [-0.4, -0.2) is 55.8 Å². The van der Waals surface area contributed by atoms with Crippen LogP contribution in [0.3, 0.4) is 0 Å². The number of nitrogens with one attached hydrogen (secondary N) is 1. The SMILES string of the molecule is COc1nnc(F)c(-c2ccccc2O)c1-c1ccc(N(C2CC2)C2CC3(C)CCCC(C)(C2)N3)nn1. The maximum atomic E-state index is 15.1. The summed E-state index contributed by atoms with van der Waals surface area (Å²) in [5.74, 6) is 0.0768. The van der Waals surface area contributed by atoms with Gasteiger partial charge in [-0.2, -0.15) is 4.39 Å². The number of aromatic hydroxyl groups is 1. The monoisotopic (exact) mass is 504 g/mol. The molecule has 0 radical (unpaired) electrons. The molecule has 2 bridgehead atoms.